The Morgan fingerprint density at radius 3 is 2.69 bits per heavy atom. The minimum atomic E-state index is 0.0515. The highest BCUT2D eigenvalue weighted by molar-refractivity contribution is 7.09. The first-order chi connectivity index (χ1) is 12.7. The van der Waals surface area contributed by atoms with Crippen LogP contribution in [-0.2, 0) is 16.8 Å². The second-order valence-electron chi connectivity index (χ2n) is 8.26. The molecular weight excluding hydrogens is 340 g/mol. The fourth-order valence-electron chi connectivity index (χ4n) is 4.89. The second-order valence-corrected chi connectivity index (χ2v) is 9.29. The minimum absolute atomic E-state index is 0.0515. The predicted molar refractivity (Wildman–Crippen MR) is 105 cm³/mol. The molecule has 1 amide bonds. The van der Waals surface area contributed by atoms with Crippen molar-refractivity contribution < 1.29 is 4.79 Å². The number of hydrogen-bond acceptors (Lipinski definition) is 3. The molecule has 2 aromatic rings. The number of carbonyl (C=O) groups is 1. The molecule has 3 aliphatic rings. The van der Waals surface area contributed by atoms with Crippen LogP contribution in [0, 0.1) is 0 Å². The van der Waals surface area contributed by atoms with E-state index in [2.05, 4.69) is 52.0 Å². The quantitative estimate of drug-likeness (QED) is 0.885. The maximum absolute atomic E-state index is 12.8. The summed E-state index contributed by atoms with van der Waals surface area (Å²) in [7, 11) is 0. The van der Waals surface area contributed by atoms with Gasteiger partial charge < -0.3 is 5.32 Å². The average molecular weight is 367 g/mol. The van der Waals surface area contributed by atoms with E-state index in [1.165, 1.54) is 28.8 Å². The molecule has 4 heteroatoms. The first kappa shape index (κ1) is 16.5. The first-order valence-electron chi connectivity index (χ1n) is 9.88. The summed E-state index contributed by atoms with van der Waals surface area (Å²) in [6.07, 6.45) is 5.65. The Morgan fingerprint density at radius 2 is 1.96 bits per heavy atom. The largest absolute Gasteiger partial charge is 0.353 e. The molecule has 1 spiro atoms. The summed E-state index contributed by atoms with van der Waals surface area (Å²) in [6.45, 7) is 3.33. The maximum atomic E-state index is 12.8. The number of nitrogens with zero attached hydrogens (tertiary/aromatic N) is 1. The number of hydrogen-bond donors (Lipinski definition) is 1. The Labute approximate surface area is 159 Å². The zero-order valence-corrected chi connectivity index (χ0v) is 15.9. The van der Waals surface area contributed by atoms with Gasteiger partial charge in [0.2, 0.25) is 5.91 Å². The Morgan fingerprint density at radius 1 is 1.15 bits per heavy atom. The van der Waals surface area contributed by atoms with E-state index >= 15 is 0 Å². The SMILES string of the molecule is O=C(NC1CC1)[C@H]1CC2(CCN(Cc3cccs3)CC2)c2ccccc21. The number of likely N-dealkylation sites (tertiary alicyclic amines) is 1. The number of fused-ring (bicyclic) bond motifs is 2. The monoisotopic (exact) mass is 366 g/mol. The van der Waals surface area contributed by atoms with Crippen LogP contribution in [0.5, 0.6) is 0 Å². The van der Waals surface area contributed by atoms with Gasteiger partial charge in [-0.15, -0.1) is 11.3 Å². The van der Waals surface area contributed by atoms with E-state index in [1.807, 2.05) is 11.3 Å². The molecular formula is C22H26N2OS. The molecule has 0 bridgehead atoms. The number of nitrogens with one attached hydrogen (secondary N) is 1. The van der Waals surface area contributed by atoms with Crippen molar-refractivity contribution in [1.29, 1.82) is 0 Å². The molecule has 2 heterocycles. The van der Waals surface area contributed by atoms with Gasteiger partial charge in [0.05, 0.1) is 5.92 Å². The number of amides is 1. The normalized spacial score (nSPS) is 24.5. The summed E-state index contributed by atoms with van der Waals surface area (Å²) in [5.41, 5.74) is 2.94. The number of thiophene rings is 1. The van der Waals surface area contributed by atoms with E-state index in [1.54, 1.807) is 0 Å². The Hall–Kier alpha value is -1.65. The van der Waals surface area contributed by atoms with Crippen LogP contribution < -0.4 is 5.32 Å². The minimum Gasteiger partial charge on any atom is -0.353 e. The van der Waals surface area contributed by atoms with Crippen molar-refractivity contribution in [3.8, 4) is 0 Å². The van der Waals surface area contributed by atoms with Crippen molar-refractivity contribution in [2.45, 2.75) is 56.0 Å². The fourth-order valence-corrected chi connectivity index (χ4v) is 5.64. The average Bonchev–Trinajstić information content (AvgIpc) is 3.22. The molecule has 1 saturated carbocycles. The van der Waals surface area contributed by atoms with Crippen molar-refractivity contribution in [1.82, 2.24) is 10.2 Å². The van der Waals surface area contributed by atoms with Gasteiger partial charge in [-0.05, 0) is 73.2 Å². The van der Waals surface area contributed by atoms with Crippen molar-refractivity contribution in [2.24, 2.45) is 0 Å². The predicted octanol–water partition coefficient (Wildman–Crippen LogP) is 4.05. The van der Waals surface area contributed by atoms with Crippen LogP contribution >= 0.6 is 11.3 Å². The molecule has 0 unspecified atom stereocenters. The van der Waals surface area contributed by atoms with Crippen molar-refractivity contribution in [2.75, 3.05) is 13.1 Å². The highest BCUT2D eigenvalue weighted by Gasteiger charge is 2.47. The van der Waals surface area contributed by atoms with Gasteiger partial charge >= 0.3 is 0 Å². The van der Waals surface area contributed by atoms with E-state index < -0.39 is 0 Å². The van der Waals surface area contributed by atoms with E-state index in [0.29, 0.717) is 6.04 Å². The highest BCUT2D eigenvalue weighted by atomic mass is 32.1. The number of carbonyl (C=O) groups excluding carboxylic acids is 1. The zero-order valence-electron chi connectivity index (χ0n) is 15.1. The van der Waals surface area contributed by atoms with E-state index in [4.69, 9.17) is 0 Å². The maximum Gasteiger partial charge on any atom is 0.227 e. The molecule has 1 aromatic heterocycles. The Kier molecular flexibility index (Phi) is 4.13. The molecule has 1 saturated heterocycles. The Balaban J connectivity index is 1.33. The van der Waals surface area contributed by atoms with Gasteiger partial charge in [-0.1, -0.05) is 30.3 Å². The molecule has 1 aliphatic heterocycles. The van der Waals surface area contributed by atoms with Crippen LogP contribution in [0.4, 0.5) is 0 Å². The van der Waals surface area contributed by atoms with Gasteiger partial charge in [0, 0.05) is 17.5 Å². The molecule has 1 atom stereocenters. The third-order valence-corrected chi connectivity index (χ3v) is 7.38. The standard InChI is InChI=1S/C22H26N2OS/c25-21(23-16-7-8-16)19-14-22(20-6-2-1-5-18(19)20)9-11-24(12-10-22)15-17-4-3-13-26-17/h1-6,13,16,19H,7-12,14-15H2,(H,23,25)/t19-/m0/s1. The lowest BCUT2D eigenvalue weighted by Gasteiger charge is -2.40. The summed E-state index contributed by atoms with van der Waals surface area (Å²) in [6, 6.07) is 13.5. The molecule has 1 aromatic carbocycles. The molecule has 0 radical (unpaired) electrons. The van der Waals surface area contributed by atoms with Crippen LogP contribution in [0.15, 0.2) is 41.8 Å². The first-order valence-corrected chi connectivity index (χ1v) is 10.8. The summed E-state index contributed by atoms with van der Waals surface area (Å²) in [5.74, 6) is 0.313. The van der Waals surface area contributed by atoms with Gasteiger partial charge in [-0.3, -0.25) is 9.69 Å². The zero-order chi connectivity index (χ0) is 17.6. The summed E-state index contributed by atoms with van der Waals surface area (Å²) in [5, 5.41) is 5.41. The van der Waals surface area contributed by atoms with Crippen LogP contribution in [0.1, 0.15) is 54.0 Å². The topological polar surface area (TPSA) is 32.3 Å². The number of rotatable bonds is 4. The molecule has 2 aliphatic carbocycles. The van der Waals surface area contributed by atoms with Crippen LogP contribution in [0.2, 0.25) is 0 Å². The number of piperidine rings is 1. The highest BCUT2D eigenvalue weighted by Crippen LogP contribution is 2.52. The van der Waals surface area contributed by atoms with Crippen molar-refractivity contribution in [3.63, 3.8) is 0 Å². The molecule has 136 valence electrons. The molecule has 3 nitrogen and oxygen atoms in total. The van der Waals surface area contributed by atoms with Crippen LogP contribution in [0.3, 0.4) is 0 Å². The van der Waals surface area contributed by atoms with Gasteiger partial charge in [-0.2, -0.15) is 0 Å². The lowest BCUT2D eigenvalue weighted by atomic mass is 9.73. The molecule has 26 heavy (non-hydrogen) atoms. The van der Waals surface area contributed by atoms with Gasteiger partial charge in [-0.25, -0.2) is 0 Å². The molecule has 5 rings (SSSR count). The van der Waals surface area contributed by atoms with Crippen LogP contribution in [-0.4, -0.2) is 29.9 Å². The second kappa shape index (κ2) is 6.50. The third-order valence-electron chi connectivity index (χ3n) is 6.52. The van der Waals surface area contributed by atoms with Crippen LogP contribution in [0.25, 0.3) is 0 Å². The van der Waals surface area contributed by atoms with Gasteiger partial charge in [0.25, 0.3) is 0 Å². The summed E-state index contributed by atoms with van der Waals surface area (Å²) in [4.78, 5) is 16.9. The summed E-state index contributed by atoms with van der Waals surface area (Å²) >= 11 is 1.85. The Bertz CT molecular complexity index is 788. The number of benzene rings is 1. The molecule has 1 N–H and O–H groups in total. The van der Waals surface area contributed by atoms with E-state index in [0.717, 1.165) is 38.9 Å². The van der Waals surface area contributed by atoms with E-state index in [-0.39, 0.29) is 17.2 Å². The lowest BCUT2D eigenvalue weighted by Crippen LogP contribution is -2.41. The fraction of sp³-hybridized carbons (Fsp3) is 0.500. The third kappa shape index (κ3) is 2.99. The van der Waals surface area contributed by atoms with E-state index in [9.17, 15) is 4.79 Å². The summed E-state index contributed by atoms with van der Waals surface area (Å²) < 4.78 is 0. The van der Waals surface area contributed by atoms with Gasteiger partial charge in [0.1, 0.15) is 0 Å². The van der Waals surface area contributed by atoms with Crippen molar-refractivity contribution in [3.05, 3.63) is 57.8 Å². The lowest BCUT2D eigenvalue weighted by molar-refractivity contribution is -0.123. The van der Waals surface area contributed by atoms with Crippen molar-refractivity contribution >= 4 is 17.2 Å². The smallest absolute Gasteiger partial charge is 0.227 e. The van der Waals surface area contributed by atoms with Gasteiger partial charge in [0.15, 0.2) is 0 Å². The molecule has 2 fully saturated rings.